The quantitative estimate of drug-likeness (QED) is 0.396. The van der Waals surface area contributed by atoms with Gasteiger partial charge in [-0.05, 0) is 90.4 Å². The normalized spacial score (nSPS) is 30.2. The number of phenolic OH excluding ortho intramolecular Hbond substituents is 1. The summed E-state index contributed by atoms with van der Waals surface area (Å²) in [6.07, 6.45) is 9.22. The number of halogens is 2. The van der Waals surface area contributed by atoms with Crippen molar-refractivity contribution in [3.05, 3.63) is 44.1 Å². The summed E-state index contributed by atoms with van der Waals surface area (Å²) in [6, 6.07) is 5.36. The van der Waals surface area contributed by atoms with Gasteiger partial charge in [-0.3, -0.25) is 9.89 Å². The van der Waals surface area contributed by atoms with Gasteiger partial charge < -0.3 is 5.11 Å². The Morgan fingerprint density at radius 1 is 1.17 bits per heavy atom. The molecule has 3 N–H and O–H groups in total. The second-order valence-electron chi connectivity index (χ2n) is 8.89. The number of aromatic nitrogens is 2. The SMILES string of the molecule is O=C(N/N=C/c1cc(Br)cc(Br)c1O)c1cc(C23CC4CC(CC(C4)C2)C3)[nH]n1. The van der Waals surface area contributed by atoms with E-state index in [4.69, 9.17) is 0 Å². The highest BCUT2D eigenvalue weighted by Gasteiger charge is 2.52. The van der Waals surface area contributed by atoms with Crippen LogP contribution in [0.2, 0.25) is 0 Å². The molecule has 4 aliphatic rings. The van der Waals surface area contributed by atoms with E-state index >= 15 is 0 Å². The van der Waals surface area contributed by atoms with Crippen LogP contribution in [0, 0.1) is 17.8 Å². The fourth-order valence-corrected chi connectivity index (χ4v) is 7.31. The molecule has 1 amide bonds. The number of H-pyrrole nitrogens is 1. The standard InChI is InChI=1S/C21H22Br2N4O2/c22-15-4-14(19(28)16(23)5-15)10-24-27-20(29)17-6-18(26-25-17)21-7-11-1-12(8-21)3-13(2-11)9-21/h4-6,10-13,28H,1-3,7-9H2,(H,25,26)(H,27,29)/b24-10+. The third-order valence-corrected chi connectivity index (χ3v) is 7.91. The molecule has 0 spiro atoms. The van der Waals surface area contributed by atoms with Crippen molar-refractivity contribution in [3.8, 4) is 5.75 Å². The lowest BCUT2D eigenvalue weighted by Crippen LogP contribution is -2.48. The monoisotopic (exact) mass is 520 g/mol. The number of nitrogens with zero attached hydrogens (tertiary/aromatic N) is 2. The molecule has 1 aromatic heterocycles. The van der Waals surface area contributed by atoms with E-state index < -0.39 is 0 Å². The summed E-state index contributed by atoms with van der Waals surface area (Å²) < 4.78 is 1.34. The van der Waals surface area contributed by atoms with Crippen molar-refractivity contribution in [2.75, 3.05) is 0 Å². The van der Waals surface area contributed by atoms with E-state index in [2.05, 4.69) is 52.6 Å². The summed E-state index contributed by atoms with van der Waals surface area (Å²) >= 11 is 6.65. The van der Waals surface area contributed by atoms with Crippen molar-refractivity contribution in [2.24, 2.45) is 22.9 Å². The Morgan fingerprint density at radius 3 is 2.48 bits per heavy atom. The Bertz CT molecular complexity index is 965. The first-order valence-electron chi connectivity index (χ1n) is 9.99. The lowest BCUT2D eigenvalue weighted by molar-refractivity contribution is -0.00721. The number of phenols is 1. The number of carbonyl (C=O) groups is 1. The highest BCUT2D eigenvalue weighted by atomic mass is 79.9. The van der Waals surface area contributed by atoms with Crippen LogP contribution < -0.4 is 5.43 Å². The summed E-state index contributed by atoms with van der Waals surface area (Å²) in [5, 5.41) is 21.5. The maximum absolute atomic E-state index is 12.5. The van der Waals surface area contributed by atoms with Crippen molar-refractivity contribution in [1.29, 1.82) is 0 Å². The summed E-state index contributed by atoms with van der Waals surface area (Å²) in [5.74, 6) is 2.22. The molecule has 1 heterocycles. The molecule has 6 nitrogen and oxygen atoms in total. The second-order valence-corrected chi connectivity index (χ2v) is 10.7. The first-order valence-corrected chi connectivity index (χ1v) is 11.6. The third kappa shape index (κ3) is 3.54. The van der Waals surface area contributed by atoms with E-state index in [1.165, 1.54) is 44.7 Å². The summed E-state index contributed by atoms with van der Waals surface area (Å²) in [5.41, 5.74) is 4.64. The van der Waals surface area contributed by atoms with Gasteiger partial charge >= 0.3 is 0 Å². The number of nitrogens with one attached hydrogen (secondary N) is 2. The zero-order valence-electron chi connectivity index (χ0n) is 15.8. The molecule has 0 aliphatic heterocycles. The predicted octanol–water partition coefficient (Wildman–Crippen LogP) is 4.87. The number of benzene rings is 1. The molecular weight excluding hydrogens is 500 g/mol. The van der Waals surface area contributed by atoms with Gasteiger partial charge in [0.1, 0.15) is 5.75 Å². The van der Waals surface area contributed by atoms with E-state index in [1.807, 2.05) is 6.07 Å². The smallest absolute Gasteiger partial charge is 0.291 e. The fraction of sp³-hybridized carbons (Fsp3) is 0.476. The molecule has 4 bridgehead atoms. The van der Waals surface area contributed by atoms with Crippen molar-refractivity contribution in [1.82, 2.24) is 15.6 Å². The maximum Gasteiger partial charge on any atom is 0.291 e. The molecule has 2 aromatic rings. The van der Waals surface area contributed by atoms with Crippen LogP contribution >= 0.6 is 31.9 Å². The molecule has 152 valence electrons. The molecule has 4 aliphatic carbocycles. The molecule has 0 atom stereocenters. The summed E-state index contributed by atoms with van der Waals surface area (Å²) in [6.45, 7) is 0. The van der Waals surface area contributed by atoms with Crippen molar-refractivity contribution < 1.29 is 9.90 Å². The Hall–Kier alpha value is -1.67. The average molecular weight is 522 g/mol. The van der Waals surface area contributed by atoms with Gasteiger partial charge in [0.05, 0.1) is 10.7 Å². The van der Waals surface area contributed by atoms with Gasteiger partial charge in [-0.15, -0.1) is 0 Å². The van der Waals surface area contributed by atoms with Crippen LogP contribution in [0.25, 0.3) is 0 Å². The van der Waals surface area contributed by atoms with Gasteiger partial charge in [-0.25, -0.2) is 5.43 Å². The minimum absolute atomic E-state index is 0.0649. The van der Waals surface area contributed by atoms with Gasteiger partial charge in [-0.2, -0.15) is 10.2 Å². The van der Waals surface area contributed by atoms with Gasteiger partial charge in [0.15, 0.2) is 5.69 Å². The van der Waals surface area contributed by atoms with Gasteiger partial charge in [0, 0.05) is 21.1 Å². The number of rotatable bonds is 4. The van der Waals surface area contributed by atoms with Crippen LogP contribution in [0.4, 0.5) is 0 Å². The lowest BCUT2D eigenvalue weighted by Gasteiger charge is -2.56. The number of hydrazone groups is 1. The number of aromatic hydroxyl groups is 1. The number of aromatic amines is 1. The zero-order chi connectivity index (χ0) is 20.2. The van der Waals surface area contributed by atoms with E-state index in [9.17, 15) is 9.90 Å². The van der Waals surface area contributed by atoms with E-state index in [-0.39, 0.29) is 17.1 Å². The van der Waals surface area contributed by atoms with Crippen LogP contribution in [-0.2, 0) is 5.41 Å². The first-order chi connectivity index (χ1) is 13.9. The van der Waals surface area contributed by atoms with Gasteiger partial charge in [0.25, 0.3) is 5.91 Å². The van der Waals surface area contributed by atoms with Crippen LogP contribution in [0.5, 0.6) is 5.75 Å². The predicted molar refractivity (Wildman–Crippen MR) is 117 cm³/mol. The van der Waals surface area contributed by atoms with Crippen molar-refractivity contribution in [3.63, 3.8) is 0 Å². The fourth-order valence-electron chi connectivity index (χ4n) is 6.05. The first kappa shape index (κ1) is 19.3. The molecule has 4 saturated carbocycles. The minimum atomic E-state index is -0.359. The topological polar surface area (TPSA) is 90.4 Å². The van der Waals surface area contributed by atoms with E-state index in [0.29, 0.717) is 15.7 Å². The maximum atomic E-state index is 12.5. The number of hydrogen-bond donors (Lipinski definition) is 3. The molecule has 4 fully saturated rings. The lowest BCUT2D eigenvalue weighted by atomic mass is 9.49. The molecule has 8 heteroatoms. The van der Waals surface area contributed by atoms with Crippen LogP contribution in [0.1, 0.15) is 60.3 Å². The Labute approximate surface area is 185 Å². The van der Waals surface area contributed by atoms with Crippen LogP contribution in [-0.4, -0.2) is 27.4 Å². The van der Waals surface area contributed by atoms with Crippen molar-refractivity contribution in [2.45, 2.75) is 43.9 Å². The summed E-state index contributed by atoms with van der Waals surface area (Å²) in [4.78, 5) is 12.5. The van der Waals surface area contributed by atoms with E-state index in [0.717, 1.165) is 27.9 Å². The highest BCUT2D eigenvalue weighted by molar-refractivity contribution is 9.11. The third-order valence-electron chi connectivity index (χ3n) is 6.85. The molecule has 6 rings (SSSR count). The van der Waals surface area contributed by atoms with Crippen LogP contribution in [0.3, 0.4) is 0 Å². The van der Waals surface area contributed by atoms with Crippen LogP contribution in [0.15, 0.2) is 32.2 Å². The summed E-state index contributed by atoms with van der Waals surface area (Å²) in [7, 11) is 0. The minimum Gasteiger partial charge on any atom is -0.506 e. The number of hydrogen-bond acceptors (Lipinski definition) is 4. The number of amides is 1. The Kier molecular flexibility index (Phi) is 4.81. The Balaban J connectivity index is 1.29. The highest BCUT2D eigenvalue weighted by Crippen LogP contribution is 2.60. The molecule has 0 unspecified atom stereocenters. The molecule has 29 heavy (non-hydrogen) atoms. The van der Waals surface area contributed by atoms with Crippen molar-refractivity contribution >= 4 is 44.0 Å². The average Bonchev–Trinajstić information content (AvgIpc) is 3.15. The molecule has 0 radical (unpaired) electrons. The Morgan fingerprint density at radius 2 is 1.83 bits per heavy atom. The largest absolute Gasteiger partial charge is 0.506 e. The number of carbonyl (C=O) groups excluding carboxylic acids is 1. The molecular formula is C21H22Br2N4O2. The molecule has 0 saturated heterocycles. The molecule has 1 aromatic carbocycles. The second kappa shape index (κ2) is 7.23. The van der Waals surface area contributed by atoms with Gasteiger partial charge in [0.2, 0.25) is 0 Å². The van der Waals surface area contributed by atoms with Gasteiger partial charge in [-0.1, -0.05) is 15.9 Å². The van der Waals surface area contributed by atoms with E-state index in [1.54, 1.807) is 12.1 Å². The zero-order valence-corrected chi connectivity index (χ0v) is 19.0.